The summed E-state index contributed by atoms with van der Waals surface area (Å²) < 4.78 is 0. The van der Waals surface area contributed by atoms with Gasteiger partial charge < -0.3 is 11.5 Å². The van der Waals surface area contributed by atoms with Crippen molar-refractivity contribution in [1.29, 1.82) is 0 Å². The summed E-state index contributed by atoms with van der Waals surface area (Å²) in [6.07, 6.45) is -0.322. The van der Waals surface area contributed by atoms with Crippen LogP contribution >= 0.6 is 0 Å². The Morgan fingerprint density at radius 2 is 1.57 bits per heavy atom. The van der Waals surface area contributed by atoms with E-state index < -0.39 is 0 Å². The van der Waals surface area contributed by atoms with Crippen LogP contribution in [0, 0.1) is 0 Å². The van der Waals surface area contributed by atoms with Gasteiger partial charge in [-0.25, -0.2) is 9.98 Å². The lowest BCUT2D eigenvalue weighted by Gasteiger charge is -2.16. The van der Waals surface area contributed by atoms with Crippen molar-refractivity contribution < 1.29 is 0 Å². The molecule has 0 fully saturated rings. The van der Waals surface area contributed by atoms with Gasteiger partial charge in [-0.1, -0.05) is 30.3 Å². The first kappa shape index (κ1) is 8.55. The van der Waals surface area contributed by atoms with E-state index in [1.165, 1.54) is 0 Å². The quantitative estimate of drug-likeness (QED) is 0.577. The maximum atomic E-state index is 5.53. The van der Waals surface area contributed by atoms with Crippen molar-refractivity contribution in [2.45, 2.75) is 6.17 Å². The predicted molar refractivity (Wildman–Crippen MR) is 55.6 cm³/mol. The molecule has 0 atom stereocenters. The van der Waals surface area contributed by atoms with Crippen LogP contribution < -0.4 is 16.8 Å². The lowest BCUT2D eigenvalue weighted by atomic mass is 10.2. The van der Waals surface area contributed by atoms with Gasteiger partial charge in [-0.2, -0.15) is 0 Å². The molecule has 0 amide bonds. The van der Waals surface area contributed by atoms with Gasteiger partial charge in [0, 0.05) is 0 Å². The van der Waals surface area contributed by atoms with Crippen LogP contribution in [0.2, 0.25) is 0 Å². The average molecular weight is 189 g/mol. The van der Waals surface area contributed by atoms with Crippen LogP contribution in [0.1, 0.15) is 11.7 Å². The van der Waals surface area contributed by atoms with Gasteiger partial charge >= 0.3 is 0 Å². The number of hydrogen-bond acceptors (Lipinski definition) is 5. The first-order valence-corrected chi connectivity index (χ1v) is 4.24. The molecule has 5 heteroatoms. The first-order chi connectivity index (χ1) is 6.75. The van der Waals surface area contributed by atoms with Gasteiger partial charge in [0.05, 0.1) is 0 Å². The molecule has 5 nitrogen and oxygen atoms in total. The summed E-state index contributed by atoms with van der Waals surface area (Å²) in [7, 11) is 0. The molecule has 1 aliphatic rings. The molecule has 0 aromatic heterocycles. The van der Waals surface area contributed by atoms with E-state index in [1.807, 2.05) is 30.3 Å². The molecule has 2 rings (SSSR count). The third-order valence-corrected chi connectivity index (χ3v) is 1.88. The number of rotatable bonds is 1. The molecule has 0 saturated heterocycles. The van der Waals surface area contributed by atoms with Crippen molar-refractivity contribution in [3.8, 4) is 0 Å². The molecule has 0 bridgehead atoms. The van der Waals surface area contributed by atoms with Gasteiger partial charge in [0.1, 0.15) is 0 Å². The fourth-order valence-corrected chi connectivity index (χ4v) is 1.26. The van der Waals surface area contributed by atoms with E-state index in [1.54, 1.807) is 0 Å². The number of guanidine groups is 2. The Bertz CT molecular complexity index is 363. The molecule has 0 aliphatic carbocycles. The minimum Gasteiger partial charge on any atom is -0.370 e. The third-order valence-electron chi connectivity index (χ3n) is 1.88. The van der Waals surface area contributed by atoms with Crippen LogP contribution in [0.5, 0.6) is 0 Å². The lowest BCUT2D eigenvalue weighted by Crippen LogP contribution is -2.44. The molecule has 5 N–H and O–H groups in total. The van der Waals surface area contributed by atoms with E-state index in [2.05, 4.69) is 15.3 Å². The Morgan fingerprint density at radius 1 is 1.00 bits per heavy atom. The Morgan fingerprint density at radius 3 is 2.14 bits per heavy atom. The van der Waals surface area contributed by atoms with E-state index in [0.29, 0.717) is 11.9 Å². The summed E-state index contributed by atoms with van der Waals surface area (Å²) in [6.45, 7) is 0. The zero-order valence-corrected chi connectivity index (χ0v) is 7.51. The Labute approximate surface area is 81.5 Å². The van der Waals surface area contributed by atoms with Crippen molar-refractivity contribution in [3.05, 3.63) is 35.9 Å². The predicted octanol–water partition coefficient (Wildman–Crippen LogP) is -0.0822. The molecule has 14 heavy (non-hydrogen) atoms. The van der Waals surface area contributed by atoms with Gasteiger partial charge in [0.2, 0.25) is 0 Å². The summed E-state index contributed by atoms with van der Waals surface area (Å²) in [4.78, 5) is 8.24. The number of nitrogens with two attached hydrogens (primary N) is 2. The third kappa shape index (κ3) is 1.66. The molecule has 1 heterocycles. The minimum atomic E-state index is -0.322. The zero-order valence-electron chi connectivity index (χ0n) is 7.51. The van der Waals surface area contributed by atoms with Crippen molar-refractivity contribution in [3.63, 3.8) is 0 Å². The van der Waals surface area contributed by atoms with Gasteiger partial charge in [0.15, 0.2) is 18.1 Å². The minimum absolute atomic E-state index is 0.298. The van der Waals surface area contributed by atoms with Gasteiger partial charge in [-0.05, 0) is 5.56 Å². The molecule has 1 aromatic rings. The molecule has 1 aliphatic heterocycles. The van der Waals surface area contributed by atoms with Crippen LogP contribution in [0.3, 0.4) is 0 Å². The molecule has 0 radical (unpaired) electrons. The fraction of sp³-hybridized carbons (Fsp3) is 0.111. The topological polar surface area (TPSA) is 88.8 Å². The largest absolute Gasteiger partial charge is 0.370 e. The molecule has 0 spiro atoms. The van der Waals surface area contributed by atoms with Gasteiger partial charge in [0.25, 0.3) is 0 Å². The number of nitrogens with zero attached hydrogens (tertiary/aromatic N) is 2. The summed E-state index contributed by atoms with van der Waals surface area (Å²) in [5.74, 6) is 0.595. The van der Waals surface area contributed by atoms with E-state index in [0.717, 1.165) is 5.56 Å². The second kappa shape index (κ2) is 3.37. The highest BCUT2D eigenvalue weighted by Crippen LogP contribution is 2.19. The maximum Gasteiger partial charge on any atom is 0.197 e. The van der Waals surface area contributed by atoms with Crippen LogP contribution in [-0.4, -0.2) is 11.9 Å². The van der Waals surface area contributed by atoms with Crippen molar-refractivity contribution in [2.75, 3.05) is 0 Å². The van der Waals surface area contributed by atoms with Crippen molar-refractivity contribution >= 4 is 11.9 Å². The monoisotopic (exact) mass is 189 g/mol. The lowest BCUT2D eigenvalue weighted by molar-refractivity contribution is 0.748. The second-order valence-electron chi connectivity index (χ2n) is 2.94. The summed E-state index contributed by atoms with van der Waals surface area (Å²) >= 11 is 0. The Balaban J connectivity index is 2.31. The van der Waals surface area contributed by atoms with Crippen LogP contribution in [-0.2, 0) is 0 Å². The molecular weight excluding hydrogens is 178 g/mol. The maximum absolute atomic E-state index is 5.53. The van der Waals surface area contributed by atoms with Crippen LogP contribution in [0.15, 0.2) is 40.3 Å². The fourth-order valence-electron chi connectivity index (χ4n) is 1.26. The molecule has 72 valence electrons. The Kier molecular flexibility index (Phi) is 2.06. The summed E-state index contributed by atoms with van der Waals surface area (Å²) in [5.41, 5.74) is 12.0. The highest BCUT2D eigenvalue weighted by Gasteiger charge is 2.13. The van der Waals surface area contributed by atoms with Gasteiger partial charge in [-0.3, -0.25) is 5.32 Å². The second-order valence-corrected chi connectivity index (χ2v) is 2.94. The highest BCUT2D eigenvalue weighted by molar-refractivity contribution is 5.98. The zero-order chi connectivity index (χ0) is 9.97. The van der Waals surface area contributed by atoms with E-state index in [-0.39, 0.29) is 6.17 Å². The van der Waals surface area contributed by atoms with Crippen molar-refractivity contribution in [1.82, 2.24) is 5.32 Å². The standard InChI is InChI=1S/C9H11N5/c10-8-12-7(13-9(11)14-8)6-4-2-1-3-5-6/h1-5,7H,(H5,10,11,12,13,14). The SMILES string of the molecule is NC1=NC(c2ccccc2)N=C(N)N1. The summed E-state index contributed by atoms with van der Waals surface area (Å²) in [5, 5.41) is 2.63. The van der Waals surface area contributed by atoms with Gasteiger partial charge in [-0.15, -0.1) is 0 Å². The molecular formula is C9H11N5. The Hall–Kier alpha value is -2.04. The van der Waals surface area contributed by atoms with Crippen molar-refractivity contribution in [2.24, 2.45) is 21.5 Å². The van der Waals surface area contributed by atoms with Crippen LogP contribution in [0.25, 0.3) is 0 Å². The molecule has 0 unspecified atom stereocenters. The first-order valence-electron chi connectivity index (χ1n) is 4.24. The van der Waals surface area contributed by atoms with E-state index in [4.69, 9.17) is 11.5 Å². The normalized spacial score (nSPS) is 16.9. The smallest absolute Gasteiger partial charge is 0.197 e. The van der Waals surface area contributed by atoms with E-state index in [9.17, 15) is 0 Å². The average Bonchev–Trinajstić information content (AvgIpc) is 2.18. The number of benzene rings is 1. The summed E-state index contributed by atoms with van der Waals surface area (Å²) in [6, 6.07) is 9.65. The highest BCUT2D eigenvalue weighted by atomic mass is 15.3. The number of aliphatic imine (C=N–C) groups is 2. The molecule has 0 saturated carbocycles. The van der Waals surface area contributed by atoms with Crippen LogP contribution in [0.4, 0.5) is 0 Å². The molecule has 1 aromatic carbocycles. The number of nitrogens with one attached hydrogen (secondary N) is 1. The van der Waals surface area contributed by atoms with E-state index >= 15 is 0 Å². The number of hydrogen-bond donors (Lipinski definition) is 3.